The average Bonchev–Trinajstić information content (AvgIpc) is 2.90. The van der Waals surface area contributed by atoms with Crippen molar-refractivity contribution in [3.8, 4) is 0 Å². The summed E-state index contributed by atoms with van der Waals surface area (Å²) in [6, 6.07) is 0. The molecule has 1 amide bonds. The molecule has 19 heavy (non-hydrogen) atoms. The van der Waals surface area contributed by atoms with Crippen LogP contribution in [-0.4, -0.2) is 47.0 Å². The Balaban J connectivity index is 1.72. The number of fused-ring (bicyclic) bond motifs is 2. The molecule has 1 aromatic heterocycles. The lowest BCUT2D eigenvalue weighted by Gasteiger charge is -2.44. The molecule has 1 spiro atoms. The van der Waals surface area contributed by atoms with Crippen LogP contribution in [0.25, 0.3) is 0 Å². The molecule has 2 aliphatic rings. The van der Waals surface area contributed by atoms with Crippen LogP contribution in [0.2, 0.25) is 0 Å². The van der Waals surface area contributed by atoms with Crippen LogP contribution in [0.15, 0.2) is 6.33 Å². The number of piperidine rings is 1. The molecule has 6 heteroatoms. The maximum atomic E-state index is 11.9. The molecule has 0 bridgehead atoms. The van der Waals surface area contributed by atoms with Crippen molar-refractivity contribution in [1.82, 2.24) is 20.2 Å². The van der Waals surface area contributed by atoms with Gasteiger partial charge < -0.3 is 20.9 Å². The largest absolute Gasteiger partial charge is 0.348 e. The van der Waals surface area contributed by atoms with Crippen molar-refractivity contribution in [2.75, 3.05) is 26.2 Å². The first-order valence-electron chi connectivity index (χ1n) is 7.01. The van der Waals surface area contributed by atoms with Crippen LogP contribution in [0.4, 0.5) is 0 Å². The summed E-state index contributed by atoms with van der Waals surface area (Å²) in [6.45, 7) is 2.99. The van der Waals surface area contributed by atoms with Crippen molar-refractivity contribution in [1.29, 1.82) is 0 Å². The molecule has 0 saturated carbocycles. The zero-order valence-corrected chi connectivity index (χ0v) is 11.1. The Bertz CT molecular complexity index is 461. The van der Waals surface area contributed by atoms with Gasteiger partial charge in [-0.2, -0.15) is 0 Å². The van der Waals surface area contributed by atoms with Crippen LogP contribution in [-0.2, 0) is 16.8 Å². The average molecular weight is 263 g/mol. The molecular weight excluding hydrogens is 242 g/mol. The van der Waals surface area contributed by atoms with E-state index in [-0.39, 0.29) is 11.4 Å². The molecule has 6 nitrogen and oxygen atoms in total. The van der Waals surface area contributed by atoms with Crippen molar-refractivity contribution in [2.45, 2.75) is 31.2 Å². The Labute approximate surface area is 112 Å². The number of H-pyrrole nitrogens is 1. The highest BCUT2D eigenvalue weighted by atomic mass is 16.2. The van der Waals surface area contributed by atoms with Crippen molar-refractivity contribution in [3.63, 3.8) is 0 Å². The molecule has 0 aromatic carbocycles. The molecule has 0 atom stereocenters. The number of carbonyl (C=O) groups excluding carboxylic acids is 1. The number of rotatable bonds is 2. The first-order chi connectivity index (χ1) is 9.25. The van der Waals surface area contributed by atoms with Crippen LogP contribution in [0.1, 0.15) is 30.7 Å². The van der Waals surface area contributed by atoms with Crippen molar-refractivity contribution in [3.05, 3.63) is 17.7 Å². The van der Waals surface area contributed by atoms with E-state index < -0.39 is 0 Å². The Morgan fingerprint density at radius 1 is 1.47 bits per heavy atom. The zero-order valence-electron chi connectivity index (χ0n) is 11.1. The number of aromatic amines is 1. The fourth-order valence-electron chi connectivity index (χ4n) is 3.27. The summed E-state index contributed by atoms with van der Waals surface area (Å²) >= 11 is 0. The molecule has 0 unspecified atom stereocenters. The Morgan fingerprint density at radius 2 is 2.26 bits per heavy atom. The van der Waals surface area contributed by atoms with E-state index >= 15 is 0 Å². The predicted molar refractivity (Wildman–Crippen MR) is 71.5 cm³/mol. The van der Waals surface area contributed by atoms with Crippen LogP contribution in [0, 0.1) is 0 Å². The van der Waals surface area contributed by atoms with Gasteiger partial charge in [-0.15, -0.1) is 0 Å². The summed E-state index contributed by atoms with van der Waals surface area (Å²) in [5, 5.41) is 3.62. The fraction of sp³-hybridized carbons (Fsp3) is 0.692. The third kappa shape index (κ3) is 2.15. The quantitative estimate of drug-likeness (QED) is 0.685. The van der Waals surface area contributed by atoms with Crippen LogP contribution < -0.4 is 11.1 Å². The van der Waals surface area contributed by atoms with Gasteiger partial charge in [-0.1, -0.05) is 0 Å². The van der Waals surface area contributed by atoms with Gasteiger partial charge in [0.15, 0.2) is 0 Å². The lowest BCUT2D eigenvalue weighted by atomic mass is 9.80. The highest BCUT2D eigenvalue weighted by molar-refractivity contribution is 5.76. The van der Waals surface area contributed by atoms with E-state index in [0.29, 0.717) is 13.0 Å². The highest BCUT2D eigenvalue weighted by Crippen LogP contribution is 2.35. The fourth-order valence-corrected chi connectivity index (χ4v) is 3.27. The van der Waals surface area contributed by atoms with Crippen LogP contribution >= 0.6 is 0 Å². The molecule has 3 heterocycles. The van der Waals surface area contributed by atoms with Gasteiger partial charge in [-0.25, -0.2) is 4.98 Å². The van der Waals surface area contributed by atoms with Gasteiger partial charge in [0.25, 0.3) is 0 Å². The van der Waals surface area contributed by atoms with E-state index in [9.17, 15) is 4.79 Å². The number of aromatic nitrogens is 2. The second-order valence-corrected chi connectivity index (χ2v) is 5.41. The van der Waals surface area contributed by atoms with Gasteiger partial charge >= 0.3 is 0 Å². The number of nitrogens with two attached hydrogens (primary N) is 1. The first-order valence-corrected chi connectivity index (χ1v) is 7.01. The number of hydrogen-bond donors (Lipinski definition) is 3. The molecule has 1 saturated heterocycles. The van der Waals surface area contributed by atoms with Gasteiger partial charge in [0.2, 0.25) is 5.91 Å². The van der Waals surface area contributed by atoms with Gasteiger partial charge in [-0.05, 0) is 12.8 Å². The number of likely N-dealkylation sites (tertiary alicyclic amines) is 1. The minimum absolute atomic E-state index is 0.0346. The predicted octanol–water partition coefficient (Wildman–Crippen LogP) is -0.278. The second-order valence-electron chi connectivity index (χ2n) is 5.41. The highest BCUT2D eigenvalue weighted by Gasteiger charge is 2.41. The third-order valence-electron chi connectivity index (χ3n) is 4.34. The minimum Gasteiger partial charge on any atom is -0.348 e. The van der Waals surface area contributed by atoms with Gasteiger partial charge in [0, 0.05) is 44.7 Å². The molecule has 3 rings (SSSR count). The van der Waals surface area contributed by atoms with Gasteiger partial charge in [0.05, 0.1) is 17.6 Å². The van der Waals surface area contributed by atoms with Crippen LogP contribution in [0.5, 0.6) is 0 Å². The third-order valence-corrected chi connectivity index (χ3v) is 4.34. The molecule has 2 aliphatic heterocycles. The standard InChI is InChI=1S/C13H21N5O/c14-5-1-11(19)18-7-3-13(4-8-18)12-10(2-6-17-13)15-9-16-12/h9,17H,1-8,14H2,(H,15,16). The molecule has 104 valence electrons. The number of amides is 1. The first kappa shape index (κ1) is 12.6. The summed E-state index contributed by atoms with van der Waals surface area (Å²) < 4.78 is 0. The van der Waals surface area contributed by atoms with E-state index in [1.807, 2.05) is 4.90 Å². The van der Waals surface area contributed by atoms with Crippen LogP contribution in [0.3, 0.4) is 0 Å². The number of hydrogen-bond acceptors (Lipinski definition) is 4. The van der Waals surface area contributed by atoms with E-state index in [2.05, 4.69) is 15.3 Å². The number of nitrogens with zero attached hydrogens (tertiary/aromatic N) is 2. The number of nitrogens with one attached hydrogen (secondary N) is 2. The van der Waals surface area contributed by atoms with Crippen molar-refractivity contribution in [2.24, 2.45) is 5.73 Å². The summed E-state index contributed by atoms with van der Waals surface area (Å²) in [4.78, 5) is 21.5. The molecule has 1 aromatic rings. The molecule has 1 fully saturated rings. The SMILES string of the molecule is NCCC(=O)N1CCC2(CC1)NCCc1[nH]cnc12. The maximum absolute atomic E-state index is 11.9. The maximum Gasteiger partial charge on any atom is 0.223 e. The molecular formula is C13H21N5O. The van der Waals surface area contributed by atoms with E-state index in [1.54, 1.807) is 6.33 Å². The van der Waals surface area contributed by atoms with Gasteiger partial charge in [-0.3, -0.25) is 4.79 Å². The normalized spacial score (nSPS) is 21.4. The molecule has 0 radical (unpaired) electrons. The lowest BCUT2D eigenvalue weighted by molar-refractivity contribution is -0.132. The number of imidazole rings is 1. The van der Waals surface area contributed by atoms with Gasteiger partial charge in [0.1, 0.15) is 0 Å². The molecule has 0 aliphatic carbocycles. The number of carbonyl (C=O) groups is 1. The molecule has 4 N–H and O–H groups in total. The van der Waals surface area contributed by atoms with Crippen molar-refractivity contribution < 1.29 is 4.79 Å². The summed E-state index contributed by atoms with van der Waals surface area (Å²) in [5.74, 6) is 0.176. The topological polar surface area (TPSA) is 87.0 Å². The minimum atomic E-state index is -0.0346. The Morgan fingerprint density at radius 3 is 3.00 bits per heavy atom. The summed E-state index contributed by atoms with van der Waals surface area (Å²) in [5.41, 5.74) is 7.82. The van der Waals surface area contributed by atoms with Crippen molar-refractivity contribution >= 4 is 5.91 Å². The van der Waals surface area contributed by atoms with E-state index in [1.165, 1.54) is 5.69 Å². The smallest absolute Gasteiger partial charge is 0.223 e. The lowest BCUT2D eigenvalue weighted by Crippen LogP contribution is -2.55. The Hall–Kier alpha value is -1.40. The summed E-state index contributed by atoms with van der Waals surface area (Å²) in [6.07, 6.45) is 5.11. The zero-order chi connectivity index (χ0) is 13.3. The van der Waals surface area contributed by atoms with E-state index in [4.69, 9.17) is 5.73 Å². The second kappa shape index (κ2) is 4.94. The monoisotopic (exact) mass is 263 g/mol. The van der Waals surface area contributed by atoms with E-state index in [0.717, 1.165) is 44.6 Å². The Kier molecular flexibility index (Phi) is 3.28. The summed E-state index contributed by atoms with van der Waals surface area (Å²) in [7, 11) is 0.